The monoisotopic (exact) mass is 378 g/mol. The number of halogens is 1. The molecule has 0 radical (unpaired) electrons. The van der Waals surface area contributed by atoms with Crippen molar-refractivity contribution in [3.8, 4) is 0 Å². The predicted octanol–water partition coefficient (Wildman–Crippen LogP) is 2.58. The molecule has 2 aliphatic heterocycles. The Morgan fingerprint density at radius 2 is 2.00 bits per heavy atom. The van der Waals surface area contributed by atoms with Crippen molar-refractivity contribution < 1.29 is 5.11 Å². The summed E-state index contributed by atoms with van der Waals surface area (Å²) in [5.41, 5.74) is 1.22. The van der Waals surface area contributed by atoms with Crippen LogP contribution in [0.3, 0.4) is 0 Å². The van der Waals surface area contributed by atoms with Gasteiger partial charge < -0.3 is 15.3 Å². The summed E-state index contributed by atoms with van der Waals surface area (Å²) in [5.74, 6) is 1.60. The average molecular weight is 379 g/mol. The number of piperidine rings is 1. The predicted molar refractivity (Wildman–Crippen MR) is 108 cm³/mol. The van der Waals surface area contributed by atoms with E-state index < -0.39 is 0 Å². The second-order valence-corrected chi connectivity index (χ2v) is 7.80. The zero-order chi connectivity index (χ0) is 18.4. The lowest BCUT2D eigenvalue weighted by Crippen LogP contribution is -2.41. The smallest absolute Gasteiger partial charge is 0.194 e. The second kappa shape index (κ2) is 9.58. The van der Waals surface area contributed by atoms with Gasteiger partial charge in [-0.3, -0.25) is 9.89 Å². The number of guanidine groups is 1. The molecule has 2 heterocycles. The van der Waals surface area contributed by atoms with E-state index in [4.69, 9.17) is 16.6 Å². The Labute approximate surface area is 162 Å². The lowest BCUT2D eigenvalue weighted by molar-refractivity contribution is 0.180. The Morgan fingerprint density at radius 1 is 1.23 bits per heavy atom. The molecule has 2 N–H and O–H groups in total. The van der Waals surface area contributed by atoms with E-state index in [0.717, 1.165) is 56.7 Å². The molecule has 6 heteroatoms. The molecule has 0 unspecified atom stereocenters. The SMILES string of the molecule is CCNC(=NCC1CCN(Cc2ccccc2Cl)CC1)N1CC[C@@H](O)C1. The van der Waals surface area contributed by atoms with Crippen LogP contribution in [0, 0.1) is 5.92 Å². The summed E-state index contributed by atoms with van der Waals surface area (Å²) in [6.45, 7) is 8.55. The molecule has 0 aliphatic carbocycles. The fraction of sp³-hybridized carbons (Fsp3) is 0.650. The van der Waals surface area contributed by atoms with Crippen LogP contribution in [-0.4, -0.2) is 66.2 Å². The highest BCUT2D eigenvalue weighted by Gasteiger charge is 2.24. The van der Waals surface area contributed by atoms with Gasteiger partial charge in [0.15, 0.2) is 5.96 Å². The Hall–Kier alpha value is -1.30. The van der Waals surface area contributed by atoms with Gasteiger partial charge in [0.05, 0.1) is 6.10 Å². The third-order valence-electron chi connectivity index (χ3n) is 5.36. The van der Waals surface area contributed by atoms with Gasteiger partial charge in [-0.15, -0.1) is 0 Å². The van der Waals surface area contributed by atoms with Gasteiger partial charge in [-0.05, 0) is 56.8 Å². The summed E-state index contributed by atoms with van der Waals surface area (Å²) in [5, 5.41) is 14.0. The third-order valence-corrected chi connectivity index (χ3v) is 5.72. The summed E-state index contributed by atoms with van der Waals surface area (Å²) in [4.78, 5) is 9.53. The van der Waals surface area contributed by atoms with Gasteiger partial charge in [0.2, 0.25) is 0 Å². The van der Waals surface area contributed by atoms with E-state index in [-0.39, 0.29) is 6.10 Å². The number of likely N-dealkylation sites (tertiary alicyclic amines) is 2. The molecule has 1 aromatic rings. The zero-order valence-corrected chi connectivity index (χ0v) is 16.5. The molecule has 144 valence electrons. The first-order valence-corrected chi connectivity index (χ1v) is 10.2. The molecule has 0 amide bonds. The number of nitrogens with one attached hydrogen (secondary N) is 1. The minimum atomic E-state index is -0.216. The maximum Gasteiger partial charge on any atom is 0.194 e. The van der Waals surface area contributed by atoms with Gasteiger partial charge in [-0.2, -0.15) is 0 Å². The standard InChI is InChI=1S/C20H31ClN4O/c1-2-22-20(25-12-9-18(26)15-25)23-13-16-7-10-24(11-8-16)14-17-5-3-4-6-19(17)21/h3-6,16,18,26H,2,7-15H2,1H3,(H,22,23)/t18-/m1/s1. The number of β-amino-alcohol motifs (C(OH)–C–C–N with tert-alkyl or cyclic N) is 1. The molecule has 0 aromatic heterocycles. The first-order valence-electron chi connectivity index (χ1n) is 9.82. The molecular formula is C20H31ClN4O. The summed E-state index contributed by atoms with van der Waals surface area (Å²) in [7, 11) is 0. The lowest BCUT2D eigenvalue weighted by atomic mass is 9.96. The highest BCUT2D eigenvalue weighted by atomic mass is 35.5. The lowest BCUT2D eigenvalue weighted by Gasteiger charge is -2.32. The van der Waals surface area contributed by atoms with Crippen LogP contribution in [-0.2, 0) is 6.54 Å². The van der Waals surface area contributed by atoms with Gasteiger partial charge in [0.1, 0.15) is 0 Å². The van der Waals surface area contributed by atoms with E-state index in [1.807, 2.05) is 12.1 Å². The van der Waals surface area contributed by atoms with E-state index in [2.05, 4.69) is 34.2 Å². The fourth-order valence-corrected chi connectivity index (χ4v) is 3.97. The molecule has 0 spiro atoms. The fourth-order valence-electron chi connectivity index (χ4n) is 3.77. The molecule has 0 saturated carbocycles. The first-order chi connectivity index (χ1) is 12.7. The van der Waals surface area contributed by atoms with Crippen LogP contribution in [0.2, 0.25) is 5.02 Å². The van der Waals surface area contributed by atoms with E-state index in [1.165, 1.54) is 18.4 Å². The van der Waals surface area contributed by atoms with Gasteiger partial charge in [-0.25, -0.2) is 0 Å². The number of hydrogen-bond acceptors (Lipinski definition) is 3. The molecule has 5 nitrogen and oxygen atoms in total. The normalized spacial score (nSPS) is 22.8. The van der Waals surface area contributed by atoms with Crippen molar-refractivity contribution in [3.63, 3.8) is 0 Å². The van der Waals surface area contributed by atoms with Crippen LogP contribution in [0.1, 0.15) is 31.7 Å². The highest BCUT2D eigenvalue weighted by Crippen LogP contribution is 2.22. The van der Waals surface area contributed by atoms with Crippen molar-refractivity contribution in [2.24, 2.45) is 10.9 Å². The quantitative estimate of drug-likeness (QED) is 0.610. The van der Waals surface area contributed by atoms with Crippen molar-refractivity contribution in [1.29, 1.82) is 0 Å². The first kappa shape index (κ1) is 19.5. The van der Waals surface area contributed by atoms with Crippen LogP contribution in [0.5, 0.6) is 0 Å². The number of hydrogen-bond donors (Lipinski definition) is 2. The number of rotatable bonds is 5. The summed E-state index contributed by atoms with van der Waals surface area (Å²) in [6.07, 6.45) is 2.98. The number of benzene rings is 1. The molecule has 0 bridgehead atoms. The Morgan fingerprint density at radius 3 is 2.65 bits per heavy atom. The van der Waals surface area contributed by atoms with Crippen molar-refractivity contribution in [3.05, 3.63) is 34.9 Å². The topological polar surface area (TPSA) is 51.1 Å². The number of nitrogens with zero attached hydrogens (tertiary/aromatic N) is 3. The summed E-state index contributed by atoms with van der Waals surface area (Å²) < 4.78 is 0. The number of aliphatic imine (C=N–C) groups is 1. The second-order valence-electron chi connectivity index (χ2n) is 7.39. The van der Waals surface area contributed by atoms with Crippen LogP contribution < -0.4 is 5.32 Å². The van der Waals surface area contributed by atoms with Crippen molar-refractivity contribution in [2.45, 2.75) is 38.8 Å². The Balaban J connectivity index is 1.47. The van der Waals surface area contributed by atoms with Crippen LogP contribution in [0.4, 0.5) is 0 Å². The maximum atomic E-state index is 9.76. The van der Waals surface area contributed by atoms with Gasteiger partial charge in [0.25, 0.3) is 0 Å². The van der Waals surface area contributed by atoms with E-state index in [0.29, 0.717) is 12.5 Å². The number of aliphatic hydroxyl groups excluding tert-OH is 1. The highest BCUT2D eigenvalue weighted by molar-refractivity contribution is 6.31. The third kappa shape index (κ3) is 5.35. The molecule has 2 aliphatic rings. The molecule has 1 atom stereocenters. The van der Waals surface area contributed by atoms with E-state index in [9.17, 15) is 5.11 Å². The van der Waals surface area contributed by atoms with Crippen molar-refractivity contribution >= 4 is 17.6 Å². The van der Waals surface area contributed by atoms with Crippen molar-refractivity contribution in [1.82, 2.24) is 15.1 Å². The Kier molecular flexibility index (Phi) is 7.17. The van der Waals surface area contributed by atoms with E-state index >= 15 is 0 Å². The minimum Gasteiger partial charge on any atom is -0.391 e. The van der Waals surface area contributed by atoms with Gasteiger partial charge in [-0.1, -0.05) is 29.8 Å². The molecule has 3 rings (SSSR count). The molecule has 2 saturated heterocycles. The number of aliphatic hydroxyl groups is 1. The summed E-state index contributed by atoms with van der Waals surface area (Å²) >= 11 is 6.29. The average Bonchev–Trinajstić information content (AvgIpc) is 3.08. The zero-order valence-electron chi connectivity index (χ0n) is 15.7. The molecule has 1 aromatic carbocycles. The van der Waals surface area contributed by atoms with Crippen molar-refractivity contribution in [2.75, 3.05) is 39.3 Å². The van der Waals surface area contributed by atoms with E-state index in [1.54, 1.807) is 0 Å². The van der Waals surface area contributed by atoms with Gasteiger partial charge in [0, 0.05) is 37.7 Å². The minimum absolute atomic E-state index is 0.216. The summed E-state index contributed by atoms with van der Waals surface area (Å²) in [6, 6.07) is 8.12. The van der Waals surface area contributed by atoms with Crippen LogP contribution in [0.25, 0.3) is 0 Å². The molecule has 2 fully saturated rings. The molecular weight excluding hydrogens is 348 g/mol. The molecule has 26 heavy (non-hydrogen) atoms. The van der Waals surface area contributed by atoms with Gasteiger partial charge >= 0.3 is 0 Å². The Bertz CT molecular complexity index is 601. The van der Waals surface area contributed by atoms with Crippen LogP contribution in [0.15, 0.2) is 29.3 Å². The largest absolute Gasteiger partial charge is 0.391 e. The van der Waals surface area contributed by atoms with Crippen LogP contribution >= 0.6 is 11.6 Å². The maximum absolute atomic E-state index is 9.76.